The number of halogens is 1. The van der Waals surface area contributed by atoms with Crippen molar-refractivity contribution in [2.24, 2.45) is 29.4 Å². The maximum atomic E-state index is 12.0. The van der Waals surface area contributed by atoms with E-state index in [9.17, 15) is 4.79 Å². The summed E-state index contributed by atoms with van der Waals surface area (Å²) in [7, 11) is 1.55. The van der Waals surface area contributed by atoms with Gasteiger partial charge in [0.15, 0.2) is 0 Å². The van der Waals surface area contributed by atoms with Crippen molar-refractivity contribution in [2.75, 3.05) is 13.7 Å². The lowest BCUT2D eigenvalue weighted by Crippen LogP contribution is -2.48. The number of nitrogens with two attached hydrogens (primary N) is 1. The maximum Gasteiger partial charge on any atom is 0.250 e. The first-order valence-electron chi connectivity index (χ1n) is 7.27. The lowest BCUT2D eigenvalue weighted by atomic mass is 9.79. The van der Waals surface area contributed by atoms with Gasteiger partial charge in [-0.05, 0) is 49.4 Å². The van der Waals surface area contributed by atoms with Crippen LogP contribution < -0.4 is 11.1 Å². The molecule has 0 aromatic rings. The first kappa shape index (κ1) is 15.1. The number of nitrogens with one attached hydrogen (secondary N) is 1. The molecule has 110 valence electrons. The van der Waals surface area contributed by atoms with Crippen LogP contribution in [0.3, 0.4) is 0 Å². The molecule has 0 radical (unpaired) electrons. The van der Waals surface area contributed by atoms with Crippen LogP contribution in [-0.2, 0) is 9.53 Å². The van der Waals surface area contributed by atoms with Crippen LogP contribution in [0.2, 0.25) is 0 Å². The second-order valence-electron chi connectivity index (χ2n) is 6.23. The molecule has 0 heterocycles. The van der Waals surface area contributed by atoms with Gasteiger partial charge in [0.2, 0.25) is 0 Å². The van der Waals surface area contributed by atoms with E-state index in [0.29, 0.717) is 6.04 Å². The summed E-state index contributed by atoms with van der Waals surface area (Å²) in [5.41, 5.74) is 5.53. The summed E-state index contributed by atoms with van der Waals surface area (Å²) in [6.07, 6.45) is 6.23. The molecule has 3 saturated carbocycles. The summed E-state index contributed by atoms with van der Waals surface area (Å²) >= 11 is 0. The monoisotopic (exact) mass is 288 g/mol. The number of rotatable bonds is 4. The van der Waals surface area contributed by atoms with Gasteiger partial charge in [0.25, 0.3) is 5.91 Å². The Morgan fingerprint density at radius 2 is 2.05 bits per heavy atom. The van der Waals surface area contributed by atoms with Crippen LogP contribution in [0, 0.1) is 23.7 Å². The quantitative estimate of drug-likeness (QED) is 0.820. The van der Waals surface area contributed by atoms with Gasteiger partial charge in [-0.25, -0.2) is 0 Å². The molecule has 0 aromatic carbocycles. The molecule has 6 atom stereocenters. The smallest absolute Gasteiger partial charge is 0.250 e. The van der Waals surface area contributed by atoms with Gasteiger partial charge in [-0.3, -0.25) is 4.79 Å². The van der Waals surface area contributed by atoms with E-state index in [1.165, 1.54) is 32.1 Å². The molecule has 3 aliphatic rings. The van der Waals surface area contributed by atoms with Gasteiger partial charge in [-0.2, -0.15) is 0 Å². The van der Waals surface area contributed by atoms with Crippen molar-refractivity contribution in [3.8, 4) is 0 Å². The van der Waals surface area contributed by atoms with Crippen LogP contribution in [0.1, 0.15) is 32.1 Å². The number of carbonyl (C=O) groups excluding carboxylic acids is 1. The lowest BCUT2D eigenvalue weighted by Gasteiger charge is -2.32. The molecular formula is C14H25ClN2O2. The molecular weight excluding hydrogens is 264 g/mol. The molecule has 0 aromatic heterocycles. The molecule has 2 bridgehead atoms. The zero-order valence-electron chi connectivity index (χ0n) is 11.5. The SMILES string of the molecule is COC(CN)C(=O)NC1CC2CC1C1CCCC21.Cl. The minimum Gasteiger partial charge on any atom is -0.370 e. The Hall–Kier alpha value is -0.320. The molecule has 6 unspecified atom stereocenters. The third-order valence-corrected chi connectivity index (χ3v) is 5.55. The van der Waals surface area contributed by atoms with Crippen molar-refractivity contribution in [2.45, 2.75) is 44.2 Å². The summed E-state index contributed by atoms with van der Waals surface area (Å²) in [5.74, 6) is 3.42. The van der Waals surface area contributed by atoms with Crippen LogP contribution in [0.25, 0.3) is 0 Å². The van der Waals surface area contributed by atoms with Gasteiger partial charge in [-0.15, -0.1) is 12.4 Å². The van der Waals surface area contributed by atoms with Crippen molar-refractivity contribution in [1.82, 2.24) is 5.32 Å². The molecule has 3 N–H and O–H groups in total. The van der Waals surface area contributed by atoms with Crippen LogP contribution in [0.15, 0.2) is 0 Å². The van der Waals surface area contributed by atoms with Gasteiger partial charge in [0.1, 0.15) is 6.10 Å². The van der Waals surface area contributed by atoms with Crippen LogP contribution in [0.4, 0.5) is 0 Å². The Bertz CT molecular complexity index is 335. The molecule has 4 nitrogen and oxygen atoms in total. The summed E-state index contributed by atoms with van der Waals surface area (Å²) in [4.78, 5) is 12.0. The Morgan fingerprint density at radius 3 is 2.74 bits per heavy atom. The topological polar surface area (TPSA) is 64.3 Å². The van der Waals surface area contributed by atoms with E-state index in [4.69, 9.17) is 10.5 Å². The molecule has 5 heteroatoms. The van der Waals surface area contributed by atoms with Crippen LogP contribution in [0.5, 0.6) is 0 Å². The van der Waals surface area contributed by atoms with E-state index in [0.717, 1.165) is 23.7 Å². The summed E-state index contributed by atoms with van der Waals surface area (Å²) in [6, 6.07) is 0.381. The Balaban J connectivity index is 0.00000133. The minimum absolute atomic E-state index is 0. The fourth-order valence-electron chi connectivity index (χ4n) is 4.82. The van der Waals surface area contributed by atoms with Crippen molar-refractivity contribution < 1.29 is 9.53 Å². The van der Waals surface area contributed by atoms with E-state index < -0.39 is 6.10 Å². The summed E-state index contributed by atoms with van der Waals surface area (Å²) in [5, 5.41) is 3.18. The summed E-state index contributed by atoms with van der Waals surface area (Å²) in [6.45, 7) is 0.259. The van der Waals surface area contributed by atoms with Crippen molar-refractivity contribution in [1.29, 1.82) is 0 Å². The van der Waals surface area contributed by atoms with E-state index in [1.807, 2.05) is 0 Å². The fourth-order valence-corrected chi connectivity index (χ4v) is 4.82. The number of carbonyl (C=O) groups is 1. The largest absolute Gasteiger partial charge is 0.370 e. The van der Waals surface area contributed by atoms with Gasteiger partial charge in [0, 0.05) is 19.7 Å². The third-order valence-electron chi connectivity index (χ3n) is 5.55. The molecule has 0 spiro atoms. The zero-order valence-corrected chi connectivity index (χ0v) is 12.3. The highest BCUT2D eigenvalue weighted by molar-refractivity contribution is 5.85. The van der Waals surface area contributed by atoms with Gasteiger partial charge in [-0.1, -0.05) is 6.42 Å². The number of amides is 1. The molecule has 19 heavy (non-hydrogen) atoms. The second-order valence-corrected chi connectivity index (χ2v) is 6.23. The Kier molecular flexibility index (Phi) is 4.75. The highest BCUT2D eigenvalue weighted by Gasteiger charge is 2.54. The first-order chi connectivity index (χ1) is 8.74. The highest BCUT2D eigenvalue weighted by Crippen LogP contribution is 2.58. The standard InChI is InChI=1S/C14H24N2O2.ClH/c1-18-13(7-15)14(17)16-12-6-8-5-11(12)10-4-2-3-9(8)10;/h8-13H,2-7,15H2,1H3,(H,16,17);1H. The number of hydrogen-bond acceptors (Lipinski definition) is 3. The molecule has 3 rings (SSSR count). The number of fused-ring (bicyclic) bond motifs is 5. The minimum atomic E-state index is -0.483. The van der Waals surface area contributed by atoms with Gasteiger partial charge < -0.3 is 15.8 Å². The second kappa shape index (κ2) is 5.98. The summed E-state index contributed by atoms with van der Waals surface area (Å²) < 4.78 is 5.10. The number of hydrogen-bond donors (Lipinski definition) is 2. The Labute approximate surface area is 121 Å². The normalized spacial score (nSPS) is 40.6. The van der Waals surface area contributed by atoms with Gasteiger partial charge >= 0.3 is 0 Å². The van der Waals surface area contributed by atoms with Crippen LogP contribution in [-0.4, -0.2) is 31.7 Å². The average molecular weight is 289 g/mol. The lowest BCUT2D eigenvalue weighted by molar-refractivity contribution is -0.131. The van der Waals surface area contributed by atoms with Crippen molar-refractivity contribution in [3.63, 3.8) is 0 Å². The number of ether oxygens (including phenoxy) is 1. The molecule has 0 saturated heterocycles. The third kappa shape index (κ3) is 2.50. The van der Waals surface area contributed by atoms with E-state index in [2.05, 4.69) is 5.32 Å². The first-order valence-corrected chi connectivity index (χ1v) is 7.27. The number of methoxy groups -OCH3 is 1. The molecule has 3 fully saturated rings. The van der Waals surface area contributed by atoms with Crippen molar-refractivity contribution in [3.05, 3.63) is 0 Å². The Morgan fingerprint density at radius 1 is 1.32 bits per heavy atom. The molecule has 3 aliphatic carbocycles. The van der Waals surface area contributed by atoms with E-state index >= 15 is 0 Å². The fraction of sp³-hybridized carbons (Fsp3) is 0.929. The van der Waals surface area contributed by atoms with Crippen LogP contribution >= 0.6 is 12.4 Å². The molecule has 1 amide bonds. The predicted molar refractivity (Wildman–Crippen MR) is 76.1 cm³/mol. The van der Waals surface area contributed by atoms with Gasteiger partial charge in [0.05, 0.1) is 0 Å². The molecule has 0 aliphatic heterocycles. The highest BCUT2D eigenvalue weighted by atomic mass is 35.5. The van der Waals surface area contributed by atoms with E-state index in [1.54, 1.807) is 7.11 Å². The zero-order chi connectivity index (χ0) is 12.7. The predicted octanol–water partition coefficient (Wildman–Crippen LogP) is 1.32. The van der Waals surface area contributed by atoms with Crippen molar-refractivity contribution >= 4 is 18.3 Å². The van der Waals surface area contributed by atoms with E-state index in [-0.39, 0.29) is 24.9 Å². The average Bonchev–Trinajstić information content (AvgIpc) is 3.01. The maximum absolute atomic E-state index is 12.0.